The zero-order chi connectivity index (χ0) is 11.5. The van der Waals surface area contributed by atoms with E-state index in [1.54, 1.807) is 12.1 Å². The number of nitro groups is 1. The fraction of sp³-hybridized carbons (Fsp3) is 0.364. The Kier molecular flexibility index (Phi) is 2.85. The Balaban J connectivity index is 2.21. The number of nitro benzene ring substituents is 1. The van der Waals surface area contributed by atoms with Crippen molar-refractivity contribution in [3.8, 4) is 0 Å². The smallest absolute Gasteiger partial charge is 0.266 e. The number of benzene rings is 1. The summed E-state index contributed by atoms with van der Waals surface area (Å²) in [6.45, 7) is 2.87. The molecule has 0 aliphatic carbocycles. The van der Waals surface area contributed by atoms with E-state index in [4.69, 9.17) is 0 Å². The van der Waals surface area contributed by atoms with E-state index < -0.39 is 4.92 Å². The molecule has 1 aliphatic rings. The molecule has 0 N–H and O–H groups in total. The molecule has 0 spiro atoms. The van der Waals surface area contributed by atoms with Gasteiger partial charge >= 0.3 is 0 Å². The number of hydrogen-bond donors (Lipinski definition) is 0. The van der Waals surface area contributed by atoms with Crippen LogP contribution in [0.3, 0.4) is 0 Å². The van der Waals surface area contributed by atoms with Gasteiger partial charge in [0.05, 0.1) is 10.6 Å². The Bertz CT molecular complexity index is 425. The van der Waals surface area contributed by atoms with Crippen LogP contribution < -0.4 is 5.01 Å². The number of non-ortho nitro benzene ring substituents is 1. The maximum atomic E-state index is 10.5. The molecule has 0 aromatic heterocycles. The minimum absolute atomic E-state index is 0.112. The van der Waals surface area contributed by atoms with E-state index in [-0.39, 0.29) is 5.69 Å². The van der Waals surface area contributed by atoms with Crippen molar-refractivity contribution in [1.29, 1.82) is 0 Å². The summed E-state index contributed by atoms with van der Waals surface area (Å²) >= 11 is 0. The summed E-state index contributed by atoms with van der Waals surface area (Å²) in [5.74, 6) is 0. The highest BCUT2D eigenvalue weighted by molar-refractivity contribution is 5.83. The molecule has 84 valence electrons. The number of hydrogen-bond acceptors (Lipinski definition) is 4. The number of nitrogens with zero attached hydrogens (tertiary/aromatic N) is 3. The molecule has 0 saturated heterocycles. The van der Waals surface area contributed by atoms with Crippen LogP contribution in [0.2, 0.25) is 0 Å². The second-order valence-corrected chi connectivity index (χ2v) is 3.84. The molecule has 2 rings (SSSR count). The molecule has 0 atom stereocenters. The second-order valence-electron chi connectivity index (χ2n) is 3.84. The Morgan fingerprint density at radius 2 is 2.06 bits per heavy atom. The zero-order valence-corrected chi connectivity index (χ0v) is 9.09. The van der Waals surface area contributed by atoms with Crippen LogP contribution in [0.4, 0.5) is 11.4 Å². The predicted molar refractivity (Wildman–Crippen MR) is 62.8 cm³/mol. The van der Waals surface area contributed by atoms with E-state index in [0.29, 0.717) is 0 Å². The minimum atomic E-state index is -0.394. The number of hydrazone groups is 1. The topological polar surface area (TPSA) is 58.7 Å². The molecular weight excluding hydrogens is 206 g/mol. The monoisotopic (exact) mass is 219 g/mol. The van der Waals surface area contributed by atoms with Gasteiger partial charge in [0.15, 0.2) is 0 Å². The van der Waals surface area contributed by atoms with Crippen molar-refractivity contribution >= 4 is 17.1 Å². The second kappa shape index (κ2) is 4.30. The summed E-state index contributed by atoms with van der Waals surface area (Å²) in [5, 5.41) is 16.8. The highest BCUT2D eigenvalue weighted by atomic mass is 16.6. The largest absolute Gasteiger partial charge is 0.269 e. The third-order valence-corrected chi connectivity index (χ3v) is 2.56. The molecule has 0 fully saturated rings. The van der Waals surface area contributed by atoms with Gasteiger partial charge in [-0.05, 0) is 31.9 Å². The van der Waals surface area contributed by atoms with Crippen LogP contribution in [0.1, 0.15) is 19.8 Å². The third kappa shape index (κ3) is 2.18. The first-order chi connectivity index (χ1) is 7.66. The van der Waals surface area contributed by atoms with Gasteiger partial charge in [0.25, 0.3) is 5.69 Å². The minimum Gasteiger partial charge on any atom is -0.266 e. The van der Waals surface area contributed by atoms with Gasteiger partial charge in [0.1, 0.15) is 0 Å². The van der Waals surface area contributed by atoms with Crippen molar-refractivity contribution in [1.82, 2.24) is 0 Å². The molecule has 1 aromatic carbocycles. The van der Waals surface area contributed by atoms with Crippen molar-refractivity contribution in [3.05, 3.63) is 34.4 Å². The standard InChI is InChI=1S/C11H13N3O2/c1-9-3-2-8-13(12-9)10-4-6-11(7-5-10)14(15)16/h4-7H,2-3,8H2,1H3. The fourth-order valence-corrected chi connectivity index (χ4v) is 1.72. The van der Waals surface area contributed by atoms with Crippen molar-refractivity contribution in [3.63, 3.8) is 0 Å². The summed E-state index contributed by atoms with van der Waals surface area (Å²) in [7, 11) is 0. The Hall–Kier alpha value is -1.91. The fourth-order valence-electron chi connectivity index (χ4n) is 1.72. The quantitative estimate of drug-likeness (QED) is 0.567. The molecular formula is C11H13N3O2. The Morgan fingerprint density at radius 1 is 1.38 bits per heavy atom. The van der Waals surface area contributed by atoms with Gasteiger partial charge in [-0.1, -0.05) is 0 Å². The average Bonchev–Trinajstić information content (AvgIpc) is 2.29. The molecule has 0 radical (unpaired) electrons. The van der Waals surface area contributed by atoms with Gasteiger partial charge in [0.2, 0.25) is 0 Å². The van der Waals surface area contributed by atoms with Crippen molar-refractivity contribution < 1.29 is 4.92 Å². The lowest BCUT2D eigenvalue weighted by Crippen LogP contribution is -2.24. The summed E-state index contributed by atoms with van der Waals surface area (Å²) in [6.07, 6.45) is 2.11. The zero-order valence-electron chi connectivity index (χ0n) is 9.09. The Labute approximate surface area is 93.5 Å². The summed E-state index contributed by atoms with van der Waals surface area (Å²) in [4.78, 5) is 10.1. The SMILES string of the molecule is CC1=NN(c2ccc([N+](=O)[O-])cc2)CCC1. The molecule has 1 aromatic rings. The summed E-state index contributed by atoms with van der Waals surface area (Å²) in [6, 6.07) is 6.49. The molecule has 1 aliphatic heterocycles. The van der Waals surface area contributed by atoms with Crippen LogP contribution in [-0.2, 0) is 0 Å². The predicted octanol–water partition coefficient (Wildman–Crippen LogP) is 2.57. The number of rotatable bonds is 2. The van der Waals surface area contributed by atoms with Gasteiger partial charge < -0.3 is 0 Å². The average molecular weight is 219 g/mol. The molecule has 5 nitrogen and oxygen atoms in total. The van der Waals surface area contributed by atoms with Crippen molar-refractivity contribution in [2.45, 2.75) is 19.8 Å². The van der Waals surface area contributed by atoms with Crippen LogP contribution in [0.25, 0.3) is 0 Å². The highest BCUT2D eigenvalue weighted by Crippen LogP contribution is 2.22. The van der Waals surface area contributed by atoms with Gasteiger partial charge in [0, 0.05) is 24.4 Å². The molecule has 0 bridgehead atoms. The summed E-state index contributed by atoms with van der Waals surface area (Å²) in [5.41, 5.74) is 2.12. The van der Waals surface area contributed by atoms with Crippen LogP contribution >= 0.6 is 0 Å². The molecule has 5 heteroatoms. The van der Waals surface area contributed by atoms with Gasteiger partial charge in [-0.3, -0.25) is 15.1 Å². The first-order valence-electron chi connectivity index (χ1n) is 5.23. The van der Waals surface area contributed by atoms with Crippen LogP contribution in [0.15, 0.2) is 29.4 Å². The first kappa shape index (κ1) is 10.6. The van der Waals surface area contributed by atoms with E-state index >= 15 is 0 Å². The molecule has 16 heavy (non-hydrogen) atoms. The van der Waals surface area contributed by atoms with E-state index in [1.165, 1.54) is 12.1 Å². The third-order valence-electron chi connectivity index (χ3n) is 2.56. The van der Waals surface area contributed by atoms with Gasteiger partial charge in [-0.25, -0.2) is 0 Å². The van der Waals surface area contributed by atoms with Crippen LogP contribution in [-0.4, -0.2) is 17.2 Å². The van der Waals surface area contributed by atoms with Gasteiger partial charge in [-0.15, -0.1) is 0 Å². The Morgan fingerprint density at radius 3 is 2.62 bits per heavy atom. The lowest BCUT2D eigenvalue weighted by atomic mass is 10.2. The molecule has 0 saturated carbocycles. The summed E-state index contributed by atoms with van der Waals surface area (Å²) < 4.78 is 0. The normalized spacial score (nSPS) is 15.8. The van der Waals surface area contributed by atoms with Crippen LogP contribution in [0, 0.1) is 10.1 Å². The van der Waals surface area contributed by atoms with E-state index in [2.05, 4.69) is 5.10 Å². The molecule has 1 heterocycles. The maximum Gasteiger partial charge on any atom is 0.269 e. The lowest BCUT2D eigenvalue weighted by molar-refractivity contribution is -0.384. The maximum absolute atomic E-state index is 10.5. The van der Waals surface area contributed by atoms with Crippen molar-refractivity contribution in [2.75, 3.05) is 11.6 Å². The first-order valence-corrected chi connectivity index (χ1v) is 5.23. The van der Waals surface area contributed by atoms with Crippen LogP contribution in [0.5, 0.6) is 0 Å². The van der Waals surface area contributed by atoms with Gasteiger partial charge in [-0.2, -0.15) is 5.10 Å². The highest BCUT2D eigenvalue weighted by Gasteiger charge is 2.12. The molecule has 0 amide bonds. The number of anilines is 1. The van der Waals surface area contributed by atoms with E-state index in [1.807, 2.05) is 11.9 Å². The van der Waals surface area contributed by atoms with E-state index in [9.17, 15) is 10.1 Å². The molecule has 0 unspecified atom stereocenters. The van der Waals surface area contributed by atoms with E-state index in [0.717, 1.165) is 30.8 Å². The van der Waals surface area contributed by atoms with Crippen molar-refractivity contribution in [2.24, 2.45) is 5.10 Å². The lowest BCUT2D eigenvalue weighted by Gasteiger charge is -2.23.